The van der Waals surface area contributed by atoms with Gasteiger partial charge in [-0.2, -0.15) is 0 Å². The van der Waals surface area contributed by atoms with Crippen molar-refractivity contribution in [2.75, 3.05) is 6.61 Å². The van der Waals surface area contributed by atoms with Crippen LogP contribution >= 0.6 is 11.3 Å². The summed E-state index contributed by atoms with van der Waals surface area (Å²) in [6.07, 6.45) is 1.48. The second kappa shape index (κ2) is 5.68. The summed E-state index contributed by atoms with van der Waals surface area (Å²) in [7, 11) is -3.78. The van der Waals surface area contributed by atoms with Gasteiger partial charge in [0.2, 0.25) is 10.0 Å². The third-order valence-corrected chi connectivity index (χ3v) is 6.21. The minimum Gasteiger partial charge on any atom is -0.375 e. The summed E-state index contributed by atoms with van der Waals surface area (Å²) >= 11 is 0.975. The maximum Gasteiger partial charge on any atom is 0.252 e. The van der Waals surface area contributed by atoms with Crippen LogP contribution in [0, 0.1) is 6.92 Å². The van der Waals surface area contributed by atoms with Gasteiger partial charge >= 0.3 is 0 Å². The first-order valence-corrected chi connectivity index (χ1v) is 9.08. The molecule has 2 heterocycles. The van der Waals surface area contributed by atoms with E-state index < -0.39 is 10.0 Å². The number of hydrogen-bond donors (Lipinski definition) is 2. The molecule has 0 aliphatic carbocycles. The van der Waals surface area contributed by atoms with Gasteiger partial charge in [-0.05, 0) is 39.2 Å². The normalized spacial score (nSPS) is 22.0. The van der Waals surface area contributed by atoms with Crippen LogP contribution in [0.2, 0.25) is 0 Å². The summed E-state index contributed by atoms with van der Waals surface area (Å²) in [4.78, 5) is 12.3. The molecule has 0 spiro atoms. The highest BCUT2D eigenvalue weighted by Crippen LogP contribution is 2.27. The fraction of sp³-hybridized carbons (Fsp3) is 0.615. The molecule has 1 aliphatic rings. The number of hydrogen-bond acceptors (Lipinski definition) is 5. The Labute approximate surface area is 128 Å². The van der Waals surface area contributed by atoms with E-state index in [4.69, 9.17) is 9.88 Å². The van der Waals surface area contributed by atoms with Crippen LogP contribution in [0.4, 0.5) is 0 Å². The van der Waals surface area contributed by atoms with Crippen LogP contribution < -0.4 is 10.5 Å². The molecule has 21 heavy (non-hydrogen) atoms. The number of amides is 1. The average Bonchev–Trinajstić information content (AvgIpc) is 2.69. The fourth-order valence-corrected chi connectivity index (χ4v) is 4.53. The zero-order valence-corrected chi connectivity index (χ0v) is 13.9. The van der Waals surface area contributed by atoms with Crippen molar-refractivity contribution in [1.82, 2.24) is 5.32 Å². The Morgan fingerprint density at radius 2 is 2.19 bits per heavy atom. The lowest BCUT2D eigenvalue weighted by molar-refractivity contribution is -0.0615. The smallest absolute Gasteiger partial charge is 0.252 e. The van der Waals surface area contributed by atoms with Gasteiger partial charge in [0.15, 0.2) is 0 Å². The van der Waals surface area contributed by atoms with E-state index in [1.54, 1.807) is 6.92 Å². The van der Waals surface area contributed by atoms with Crippen LogP contribution in [-0.2, 0) is 14.8 Å². The van der Waals surface area contributed by atoms with Crippen molar-refractivity contribution >= 4 is 27.3 Å². The van der Waals surface area contributed by atoms with Crippen LogP contribution in [-0.4, -0.2) is 32.6 Å². The molecular weight excluding hydrogens is 312 g/mol. The molecule has 0 radical (unpaired) electrons. The lowest BCUT2D eigenvalue weighted by atomic mass is 9.94. The summed E-state index contributed by atoms with van der Waals surface area (Å²) in [5.74, 6) is -0.263. The molecule has 118 valence electrons. The van der Waals surface area contributed by atoms with Gasteiger partial charge in [-0.3, -0.25) is 4.79 Å². The predicted octanol–water partition coefficient (Wildman–Crippen LogP) is 1.39. The first-order valence-electron chi connectivity index (χ1n) is 6.66. The van der Waals surface area contributed by atoms with Crippen LogP contribution in [0.5, 0.6) is 0 Å². The van der Waals surface area contributed by atoms with Gasteiger partial charge in [0.25, 0.3) is 5.91 Å². The summed E-state index contributed by atoms with van der Waals surface area (Å²) < 4.78 is 28.5. The molecule has 1 amide bonds. The quantitative estimate of drug-likeness (QED) is 0.874. The van der Waals surface area contributed by atoms with Gasteiger partial charge in [0, 0.05) is 18.0 Å². The first kappa shape index (κ1) is 16.4. The SMILES string of the molecule is Cc1c(C(=O)NC2CCOC(C)(C)C2)csc1S(N)(=O)=O. The molecule has 0 bridgehead atoms. The molecule has 1 atom stereocenters. The highest BCUT2D eigenvalue weighted by Gasteiger charge is 2.30. The van der Waals surface area contributed by atoms with Crippen molar-refractivity contribution in [2.24, 2.45) is 5.14 Å². The van der Waals surface area contributed by atoms with Crippen LogP contribution in [0.15, 0.2) is 9.59 Å². The number of primary sulfonamides is 1. The summed E-state index contributed by atoms with van der Waals surface area (Å²) in [6.45, 7) is 6.17. The maximum absolute atomic E-state index is 12.3. The minimum atomic E-state index is -3.78. The first-order chi connectivity index (χ1) is 9.60. The Kier molecular flexibility index (Phi) is 4.44. The van der Waals surface area contributed by atoms with E-state index in [1.807, 2.05) is 13.8 Å². The summed E-state index contributed by atoms with van der Waals surface area (Å²) in [6, 6.07) is 0.0264. The number of carbonyl (C=O) groups excluding carboxylic acids is 1. The Balaban J connectivity index is 2.13. The van der Waals surface area contributed by atoms with Crippen molar-refractivity contribution in [3.63, 3.8) is 0 Å². The fourth-order valence-electron chi connectivity index (χ4n) is 2.52. The topological polar surface area (TPSA) is 98.5 Å². The zero-order chi connectivity index (χ0) is 15.8. The van der Waals surface area contributed by atoms with Gasteiger partial charge in [-0.15, -0.1) is 11.3 Å². The van der Waals surface area contributed by atoms with Crippen molar-refractivity contribution < 1.29 is 17.9 Å². The number of nitrogens with two attached hydrogens (primary N) is 1. The third kappa shape index (κ3) is 3.82. The van der Waals surface area contributed by atoms with E-state index in [9.17, 15) is 13.2 Å². The van der Waals surface area contributed by atoms with E-state index >= 15 is 0 Å². The molecule has 1 aliphatic heterocycles. The lowest BCUT2D eigenvalue weighted by Crippen LogP contribution is -2.45. The number of rotatable bonds is 3. The van der Waals surface area contributed by atoms with Crippen molar-refractivity contribution in [2.45, 2.75) is 49.5 Å². The standard InChI is InChI=1S/C13H20N2O4S2/c1-8-10(7-20-12(8)21(14,17)18)11(16)15-9-4-5-19-13(2,3)6-9/h7,9H,4-6H2,1-3H3,(H,15,16)(H2,14,17,18). The van der Waals surface area contributed by atoms with Gasteiger partial charge < -0.3 is 10.1 Å². The maximum atomic E-state index is 12.3. The predicted molar refractivity (Wildman–Crippen MR) is 80.9 cm³/mol. The molecular formula is C13H20N2O4S2. The van der Waals surface area contributed by atoms with E-state index in [-0.39, 0.29) is 21.8 Å². The van der Waals surface area contributed by atoms with Crippen LogP contribution in [0.1, 0.15) is 42.6 Å². The molecule has 1 fully saturated rings. The molecule has 0 saturated carbocycles. The molecule has 2 rings (SSSR count). The third-order valence-electron chi connectivity index (χ3n) is 3.53. The molecule has 1 aromatic rings. The van der Waals surface area contributed by atoms with Crippen LogP contribution in [0.25, 0.3) is 0 Å². The largest absolute Gasteiger partial charge is 0.375 e. The van der Waals surface area contributed by atoms with Crippen LogP contribution in [0.3, 0.4) is 0 Å². The molecule has 1 saturated heterocycles. The van der Waals surface area contributed by atoms with Gasteiger partial charge in [0.05, 0.1) is 11.2 Å². The van der Waals surface area contributed by atoms with Gasteiger partial charge in [-0.1, -0.05) is 0 Å². The van der Waals surface area contributed by atoms with Gasteiger partial charge in [-0.25, -0.2) is 13.6 Å². The van der Waals surface area contributed by atoms with E-state index in [2.05, 4.69) is 5.32 Å². The lowest BCUT2D eigenvalue weighted by Gasteiger charge is -2.35. The molecule has 8 heteroatoms. The number of carbonyl (C=O) groups is 1. The molecule has 1 aromatic heterocycles. The monoisotopic (exact) mass is 332 g/mol. The van der Waals surface area contributed by atoms with Crippen molar-refractivity contribution in [1.29, 1.82) is 0 Å². The highest BCUT2D eigenvalue weighted by molar-refractivity contribution is 7.91. The minimum absolute atomic E-state index is 0.0264. The van der Waals surface area contributed by atoms with Gasteiger partial charge in [0.1, 0.15) is 4.21 Å². The molecule has 1 unspecified atom stereocenters. The van der Waals surface area contributed by atoms with Crippen molar-refractivity contribution in [3.8, 4) is 0 Å². The molecule has 0 aromatic carbocycles. The zero-order valence-electron chi connectivity index (χ0n) is 12.3. The van der Waals surface area contributed by atoms with E-state index in [0.29, 0.717) is 17.7 Å². The average molecular weight is 332 g/mol. The van der Waals surface area contributed by atoms with E-state index in [0.717, 1.165) is 24.2 Å². The second-order valence-electron chi connectivity index (χ2n) is 5.88. The Hall–Kier alpha value is -0.960. The second-order valence-corrected chi connectivity index (χ2v) is 8.51. The molecule has 6 nitrogen and oxygen atoms in total. The van der Waals surface area contributed by atoms with E-state index in [1.165, 1.54) is 5.38 Å². The Morgan fingerprint density at radius 1 is 1.52 bits per heavy atom. The number of sulfonamides is 1. The Morgan fingerprint density at radius 3 is 2.71 bits per heavy atom. The summed E-state index contributed by atoms with van der Waals surface area (Å²) in [5, 5.41) is 9.61. The Bertz CT molecular complexity index is 649. The molecule has 3 N–H and O–H groups in total. The van der Waals surface area contributed by atoms with Crippen molar-refractivity contribution in [3.05, 3.63) is 16.5 Å². The number of nitrogens with one attached hydrogen (secondary N) is 1. The number of ether oxygens (including phenoxy) is 1. The number of thiophene rings is 1. The summed E-state index contributed by atoms with van der Waals surface area (Å²) in [5.41, 5.74) is 0.519. The highest BCUT2D eigenvalue weighted by atomic mass is 32.2.